The zero-order valence-corrected chi connectivity index (χ0v) is 15.7. The highest BCUT2D eigenvalue weighted by atomic mass is 35.5. The number of halogens is 1. The molecule has 1 fully saturated rings. The van der Waals surface area contributed by atoms with Gasteiger partial charge >= 0.3 is 0 Å². The molecule has 1 aromatic carbocycles. The van der Waals surface area contributed by atoms with Gasteiger partial charge in [0.2, 0.25) is 15.9 Å². The third-order valence-electron chi connectivity index (χ3n) is 4.10. The van der Waals surface area contributed by atoms with E-state index in [1.807, 2.05) is 13.8 Å². The van der Waals surface area contributed by atoms with Crippen molar-refractivity contribution in [1.82, 2.24) is 9.62 Å². The van der Waals surface area contributed by atoms with Gasteiger partial charge in [0.15, 0.2) is 0 Å². The van der Waals surface area contributed by atoms with Crippen LogP contribution in [0.3, 0.4) is 0 Å². The third-order valence-corrected chi connectivity index (χ3v) is 6.07. The van der Waals surface area contributed by atoms with Crippen LogP contribution >= 0.6 is 11.6 Å². The van der Waals surface area contributed by atoms with Crippen molar-refractivity contribution < 1.29 is 13.2 Å². The van der Waals surface area contributed by atoms with Gasteiger partial charge in [0.25, 0.3) is 0 Å². The van der Waals surface area contributed by atoms with E-state index >= 15 is 0 Å². The number of benzene rings is 1. The van der Waals surface area contributed by atoms with E-state index < -0.39 is 16.1 Å². The number of likely N-dealkylation sites (tertiary alicyclic amines) is 1. The van der Waals surface area contributed by atoms with Gasteiger partial charge in [-0.2, -0.15) is 4.72 Å². The minimum absolute atomic E-state index is 0.00636. The summed E-state index contributed by atoms with van der Waals surface area (Å²) in [5.41, 5.74) is 0. The van der Waals surface area contributed by atoms with E-state index in [9.17, 15) is 13.2 Å². The van der Waals surface area contributed by atoms with Crippen molar-refractivity contribution in [2.75, 3.05) is 13.1 Å². The molecule has 1 N–H and O–H groups in total. The summed E-state index contributed by atoms with van der Waals surface area (Å²) in [6.07, 6.45) is 3.51. The molecule has 2 rings (SSSR count). The second kappa shape index (κ2) is 8.32. The van der Waals surface area contributed by atoms with Crippen molar-refractivity contribution in [1.29, 1.82) is 0 Å². The molecule has 0 unspecified atom stereocenters. The molecule has 0 saturated carbocycles. The van der Waals surface area contributed by atoms with Gasteiger partial charge in [-0.15, -0.1) is 0 Å². The highest BCUT2D eigenvalue weighted by Gasteiger charge is 2.31. The first kappa shape index (κ1) is 19.2. The Morgan fingerprint density at radius 1 is 1.21 bits per heavy atom. The van der Waals surface area contributed by atoms with Crippen molar-refractivity contribution in [3.05, 3.63) is 29.3 Å². The second-order valence-electron chi connectivity index (χ2n) is 6.62. The van der Waals surface area contributed by atoms with Crippen molar-refractivity contribution in [3.8, 4) is 0 Å². The minimum Gasteiger partial charge on any atom is -0.341 e. The average Bonchev–Trinajstić information content (AvgIpc) is 2.54. The summed E-state index contributed by atoms with van der Waals surface area (Å²) in [6.45, 7) is 5.34. The maximum absolute atomic E-state index is 12.8. The largest absolute Gasteiger partial charge is 0.341 e. The van der Waals surface area contributed by atoms with E-state index in [1.54, 1.807) is 17.0 Å². The molecule has 0 radical (unpaired) electrons. The number of nitrogens with zero attached hydrogens (tertiary/aromatic N) is 1. The third kappa shape index (κ3) is 4.94. The fraction of sp³-hybridized carbons (Fsp3) is 0.588. The molecule has 24 heavy (non-hydrogen) atoms. The first-order chi connectivity index (χ1) is 11.3. The average molecular weight is 373 g/mol. The molecule has 1 aliphatic heterocycles. The predicted octanol–water partition coefficient (Wildman–Crippen LogP) is 3.05. The lowest BCUT2D eigenvalue weighted by molar-refractivity contribution is -0.134. The van der Waals surface area contributed by atoms with Crippen LogP contribution < -0.4 is 4.72 Å². The molecule has 1 heterocycles. The molecule has 134 valence electrons. The minimum atomic E-state index is -3.85. The zero-order chi connectivity index (χ0) is 17.7. The second-order valence-corrected chi connectivity index (χ2v) is 8.71. The van der Waals surface area contributed by atoms with E-state index in [1.165, 1.54) is 12.1 Å². The van der Waals surface area contributed by atoms with Gasteiger partial charge in [-0.05, 0) is 43.7 Å². The molecule has 1 aliphatic rings. The first-order valence-corrected chi connectivity index (χ1v) is 10.2. The van der Waals surface area contributed by atoms with Crippen LogP contribution in [-0.4, -0.2) is 38.4 Å². The van der Waals surface area contributed by atoms with E-state index in [0.29, 0.717) is 19.5 Å². The normalized spacial score (nSPS) is 17.1. The monoisotopic (exact) mass is 372 g/mol. The molecule has 7 heteroatoms. The zero-order valence-electron chi connectivity index (χ0n) is 14.2. The van der Waals surface area contributed by atoms with Gasteiger partial charge < -0.3 is 4.90 Å². The molecule has 1 amide bonds. The summed E-state index contributed by atoms with van der Waals surface area (Å²) in [6, 6.07) is 5.50. The van der Waals surface area contributed by atoms with E-state index in [0.717, 1.165) is 19.3 Å². The maximum atomic E-state index is 12.8. The molecular weight excluding hydrogens is 348 g/mol. The Morgan fingerprint density at radius 2 is 1.83 bits per heavy atom. The van der Waals surface area contributed by atoms with Crippen molar-refractivity contribution in [3.63, 3.8) is 0 Å². The lowest BCUT2D eigenvalue weighted by Crippen LogP contribution is -2.50. The number of rotatable bonds is 6. The van der Waals surface area contributed by atoms with Gasteiger partial charge in [0, 0.05) is 13.1 Å². The summed E-state index contributed by atoms with van der Waals surface area (Å²) >= 11 is 6.01. The van der Waals surface area contributed by atoms with Crippen LogP contribution in [0.4, 0.5) is 0 Å². The highest BCUT2D eigenvalue weighted by Crippen LogP contribution is 2.22. The number of amides is 1. The van der Waals surface area contributed by atoms with E-state index in [-0.39, 0.29) is 21.7 Å². The fourth-order valence-electron chi connectivity index (χ4n) is 2.92. The number of carbonyl (C=O) groups is 1. The number of carbonyl (C=O) groups excluding carboxylic acids is 1. The van der Waals surface area contributed by atoms with Gasteiger partial charge in [0.1, 0.15) is 10.9 Å². The maximum Gasteiger partial charge on any atom is 0.242 e. The molecule has 0 aromatic heterocycles. The van der Waals surface area contributed by atoms with Crippen LogP contribution in [0, 0.1) is 5.92 Å². The van der Waals surface area contributed by atoms with Crippen LogP contribution in [0.15, 0.2) is 29.2 Å². The Bertz CT molecular complexity index is 670. The Labute approximate surface area is 149 Å². The molecule has 0 spiro atoms. The molecular formula is C17H25ClN2O3S. The van der Waals surface area contributed by atoms with Crippen molar-refractivity contribution in [2.45, 2.75) is 50.5 Å². The SMILES string of the molecule is CC(C)C[C@H](NS(=O)(=O)c1ccccc1Cl)C(=O)N1CCCCC1. The van der Waals surface area contributed by atoms with Crippen LogP contribution in [-0.2, 0) is 14.8 Å². The molecule has 1 saturated heterocycles. The lowest BCUT2D eigenvalue weighted by atomic mass is 10.0. The molecule has 1 atom stereocenters. The molecule has 1 aromatic rings. The number of hydrogen-bond acceptors (Lipinski definition) is 3. The topological polar surface area (TPSA) is 66.5 Å². The smallest absolute Gasteiger partial charge is 0.242 e. The lowest BCUT2D eigenvalue weighted by Gasteiger charge is -2.31. The van der Waals surface area contributed by atoms with Crippen LogP contribution in [0.25, 0.3) is 0 Å². The summed E-state index contributed by atoms with van der Waals surface area (Å²) in [5.74, 6) is 0.0525. The van der Waals surface area contributed by atoms with Crippen LogP contribution in [0.1, 0.15) is 39.5 Å². The van der Waals surface area contributed by atoms with Gasteiger partial charge in [0.05, 0.1) is 5.02 Å². The standard InChI is InChI=1S/C17H25ClN2O3S/c1-13(2)12-15(17(21)20-10-6-3-7-11-20)19-24(22,23)16-9-5-4-8-14(16)18/h4-5,8-9,13,15,19H,3,6-7,10-12H2,1-2H3/t15-/m0/s1. The van der Waals surface area contributed by atoms with E-state index in [4.69, 9.17) is 11.6 Å². The summed E-state index contributed by atoms with van der Waals surface area (Å²) in [5, 5.41) is 0.152. The summed E-state index contributed by atoms with van der Waals surface area (Å²) in [4.78, 5) is 14.6. The summed E-state index contributed by atoms with van der Waals surface area (Å²) in [7, 11) is -3.85. The van der Waals surface area contributed by atoms with Gasteiger partial charge in [-0.1, -0.05) is 37.6 Å². The van der Waals surface area contributed by atoms with Gasteiger partial charge in [-0.3, -0.25) is 4.79 Å². The Hall–Kier alpha value is -1.11. The number of sulfonamides is 1. The predicted molar refractivity (Wildman–Crippen MR) is 95.4 cm³/mol. The van der Waals surface area contributed by atoms with Crippen molar-refractivity contribution in [2.24, 2.45) is 5.92 Å². The van der Waals surface area contributed by atoms with Crippen LogP contribution in [0.2, 0.25) is 5.02 Å². The highest BCUT2D eigenvalue weighted by molar-refractivity contribution is 7.89. The number of hydrogen-bond donors (Lipinski definition) is 1. The Morgan fingerprint density at radius 3 is 2.42 bits per heavy atom. The summed E-state index contributed by atoms with van der Waals surface area (Å²) < 4.78 is 27.9. The first-order valence-electron chi connectivity index (χ1n) is 8.37. The van der Waals surface area contributed by atoms with Crippen LogP contribution in [0.5, 0.6) is 0 Å². The Kier molecular flexibility index (Phi) is 6.66. The number of nitrogens with one attached hydrogen (secondary N) is 1. The Balaban J connectivity index is 2.21. The molecule has 5 nitrogen and oxygen atoms in total. The quantitative estimate of drug-likeness (QED) is 0.834. The van der Waals surface area contributed by atoms with E-state index in [2.05, 4.69) is 4.72 Å². The molecule has 0 aliphatic carbocycles. The van der Waals surface area contributed by atoms with Crippen molar-refractivity contribution >= 4 is 27.5 Å². The molecule has 0 bridgehead atoms. The van der Waals surface area contributed by atoms with Gasteiger partial charge in [-0.25, -0.2) is 8.42 Å². The fourth-order valence-corrected chi connectivity index (χ4v) is 4.64. The number of piperidine rings is 1.